The van der Waals surface area contributed by atoms with Crippen molar-refractivity contribution in [2.24, 2.45) is 0 Å². The molecule has 0 aromatic rings. The molecular formula is C10H19NO. The zero-order valence-corrected chi connectivity index (χ0v) is 8.15. The minimum atomic E-state index is 0.871. The maximum Gasteiger partial charge on any atom is 0.0462 e. The smallest absolute Gasteiger partial charge is 0.0462 e. The third-order valence-electron chi connectivity index (χ3n) is 1.56. The number of methoxy groups -OCH3 is 1. The number of rotatable bonds is 7. The van der Waals surface area contributed by atoms with Gasteiger partial charge in [0.2, 0.25) is 0 Å². The fourth-order valence-electron chi connectivity index (χ4n) is 0.897. The van der Waals surface area contributed by atoms with Crippen LogP contribution in [-0.2, 0) is 4.74 Å². The minimum absolute atomic E-state index is 0.871. The molecule has 70 valence electrons. The zero-order valence-electron chi connectivity index (χ0n) is 8.15. The Bertz CT molecular complexity index is 135. The van der Waals surface area contributed by atoms with E-state index in [2.05, 4.69) is 17.2 Å². The highest BCUT2D eigenvalue weighted by Gasteiger charge is 1.86. The molecule has 0 radical (unpaired) electrons. The summed E-state index contributed by atoms with van der Waals surface area (Å²) >= 11 is 0. The topological polar surface area (TPSA) is 21.3 Å². The lowest BCUT2D eigenvalue weighted by Gasteiger charge is -2.01. The van der Waals surface area contributed by atoms with E-state index in [0.29, 0.717) is 0 Å². The molecule has 2 heteroatoms. The summed E-state index contributed by atoms with van der Waals surface area (Å²) < 4.78 is 4.94. The summed E-state index contributed by atoms with van der Waals surface area (Å²) in [6.45, 7) is 4.83. The van der Waals surface area contributed by atoms with Gasteiger partial charge in [-0.3, -0.25) is 0 Å². The molecule has 0 spiro atoms. The van der Waals surface area contributed by atoms with Crippen LogP contribution in [0, 0.1) is 11.8 Å². The van der Waals surface area contributed by atoms with E-state index in [1.165, 1.54) is 6.42 Å². The van der Waals surface area contributed by atoms with Crippen LogP contribution in [0.4, 0.5) is 0 Å². The van der Waals surface area contributed by atoms with E-state index in [-0.39, 0.29) is 0 Å². The maximum atomic E-state index is 4.94. The van der Waals surface area contributed by atoms with E-state index in [1.54, 1.807) is 7.11 Å². The maximum absolute atomic E-state index is 4.94. The molecule has 0 atom stereocenters. The quantitative estimate of drug-likeness (QED) is 0.459. The first-order valence-electron chi connectivity index (χ1n) is 4.51. The van der Waals surface area contributed by atoms with Gasteiger partial charge in [-0.15, -0.1) is 11.8 Å². The largest absolute Gasteiger partial charge is 0.385 e. The van der Waals surface area contributed by atoms with Crippen LogP contribution in [0.25, 0.3) is 0 Å². The Balaban J connectivity index is 2.84. The summed E-state index contributed by atoms with van der Waals surface area (Å²) in [6.07, 6.45) is 3.29. The number of hydrogen-bond donors (Lipinski definition) is 1. The fraction of sp³-hybridized carbons (Fsp3) is 0.800. The van der Waals surface area contributed by atoms with E-state index in [1.807, 2.05) is 6.92 Å². The second-order valence-electron chi connectivity index (χ2n) is 2.63. The number of nitrogens with one attached hydrogen (secondary N) is 1. The van der Waals surface area contributed by atoms with Gasteiger partial charge in [0.05, 0.1) is 0 Å². The average molecular weight is 169 g/mol. The first kappa shape index (κ1) is 11.5. The molecule has 0 saturated heterocycles. The molecule has 0 aliphatic heterocycles. The summed E-state index contributed by atoms with van der Waals surface area (Å²) in [5, 5.41) is 3.32. The summed E-state index contributed by atoms with van der Waals surface area (Å²) in [5.74, 6) is 5.88. The Morgan fingerprint density at radius 2 is 2.08 bits per heavy atom. The lowest BCUT2D eigenvalue weighted by atomic mass is 10.3. The summed E-state index contributed by atoms with van der Waals surface area (Å²) in [7, 11) is 1.74. The van der Waals surface area contributed by atoms with Crippen molar-refractivity contribution in [3.8, 4) is 11.8 Å². The first-order chi connectivity index (χ1) is 5.91. The molecule has 0 saturated carbocycles. The summed E-state index contributed by atoms with van der Waals surface area (Å²) in [4.78, 5) is 0. The van der Waals surface area contributed by atoms with Crippen molar-refractivity contribution in [3.63, 3.8) is 0 Å². The highest BCUT2D eigenvalue weighted by Crippen LogP contribution is 1.86. The molecule has 0 unspecified atom stereocenters. The van der Waals surface area contributed by atoms with Crippen molar-refractivity contribution in [1.29, 1.82) is 0 Å². The van der Waals surface area contributed by atoms with E-state index < -0.39 is 0 Å². The molecule has 2 nitrogen and oxygen atoms in total. The Labute approximate surface area is 75.7 Å². The van der Waals surface area contributed by atoms with E-state index in [9.17, 15) is 0 Å². The van der Waals surface area contributed by atoms with E-state index in [0.717, 1.165) is 32.5 Å². The Hall–Kier alpha value is -0.520. The van der Waals surface area contributed by atoms with Crippen LogP contribution in [-0.4, -0.2) is 26.8 Å². The Morgan fingerprint density at radius 3 is 2.75 bits per heavy atom. The number of hydrogen-bond acceptors (Lipinski definition) is 2. The minimum Gasteiger partial charge on any atom is -0.385 e. The van der Waals surface area contributed by atoms with Gasteiger partial charge >= 0.3 is 0 Å². The van der Waals surface area contributed by atoms with Crippen LogP contribution in [0.1, 0.15) is 26.2 Å². The molecular weight excluding hydrogens is 150 g/mol. The van der Waals surface area contributed by atoms with Gasteiger partial charge in [0.15, 0.2) is 0 Å². The van der Waals surface area contributed by atoms with Crippen LogP contribution in [0.5, 0.6) is 0 Å². The molecule has 0 amide bonds. The van der Waals surface area contributed by atoms with Gasteiger partial charge in [0.25, 0.3) is 0 Å². The molecule has 0 aromatic carbocycles. The number of ether oxygens (including phenoxy) is 1. The molecule has 0 rings (SSSR count). The Kier molecular flexibility index (Phi) is 10.0. The zero-order chi connectivity index (χ0) is 9.07. The second kappa shape index (κ2) is 10.5. The lowest BCUT2D eigenvalue weighted by Crippen LogP contribution is -2.16. The molecule has 0 aromatic heterocycles. The van der Waals surface area contributed by atoms with Gasteiger partial charge in [-0.05, 0) is 26.3 Å². The highest BCUT2D eigenvalue weighted by molar-refractivity contribution is 4.94. The van der Waals surface area contributed by atoms with Gasteiger partial charge in [-0.25, -0.2) is 0 Å². The SMILES string of the molecule is CC#CCCNCCCCOC. The lowest BCUT2D eigenvalue weighted by molar-refractivity contribution is 0.192. The average Bonchev–Trinajstić information content (AvgIpc) is 2.10. The molecule has 0 heterocycles. The third-order valence-corrected chi connectivity index (χ3v) is 1.56. The van der Waals surface area contributed by atoms with Crippen LogP contribution >= 0.6 is 0 Å². The fourth-order valence-corrected chi connectivity index (χ4v) is 0.897. The van der Waals surface area contributed by atoms with Gasteiger partial charge < -0.3 is 10.1 Å². The van der Waals surface area contributed by atoms with Gasteiger partial charge in [0, 0.05) is 26.7 Å². The third kappa shape index (κ3) is 9.48. The molecule has 12 heavy (non-hydrogen) atoms. The normalized spacial score (nSPS) is 9.17. The Morgan fingerprint density at radius 1 is 1.25 bits per heavy atom. The standard InChI is InChI=1S/C10H19NO/c1-3-4-5-8-11-9-6-7-10-12-2/h11H,5-10H2,1-2H3. The van der Waals surface area contributed by atoms with Crippen LogP contribution in [0.15, 0.2) is 0 Å². The molecule has 0 aliphatic carbocycles. The monoisotopic (exact) mass is 169 g/mol. The van der Waals surface area contributed by atoms with Gasteiger partial charge in [-0.1, -0.05) is 0 Å². The predicted molar refractivity (Wildman–Crippen MR) is 52.0 cm³/mol. The predicted octanol–water partition coefficient (Wildman–Crippen LogP) is 1.42. The molecule has 0 aliphatic rings. The van der Waals surface area contributed by atoms with Crippen molar-refractivity contribution < 1.29 is 4.74 Å². The first-order valence-corrected chi connectivity index (χ1v) is 4.51. The van der Waals surface area contributed by atoms with Gasteiger partial charge in [-0.2, -0.15) is 0 Å². The van der Waals surface area contributed by atoms with Gasteiger partial charge in [0.1, 0.15) is 0 Å². The summed E-state index contributed by atoms with van der Waals surface area (Å²) in [6, 6.07) is 0. The van der Waals surface area contributed by atoms with Crippen LogP contribution < -0.4 is 5.32 Å². The van der Waals surface area contributed by atoms with Crippen molar-refractivity contribution >= 4 is 0 Å². The van der Waals surface area contributed by atoms with Crippen molar-refractivity contribution in [1.82, 2.24) is 5.32 Å². The van der Waals surface area contributed by atoms with Crippen molar-refractivity contribution in [2.45, 2.75) is 26.2 Å². The molecule has 1 N–H and O–H groups in total. The van der Waals surface area contributed by atoms with E-state index >= 15 is 0 Å². The van der Waals surface area contributed by atoms with Crippen LogP contribution in [0.3, 0.4) is 0 Å². The highest BCUT2D eigenvalue weighted by atomic mass is 16.5. The molecule has 0 bridgehead atoms. The number of unbranched alkanes of at least 4 members (excludes halogenated alkanes) is 1. The van der Waals surface area contributed by atoms with Crippen molar-refractivity contribution in [3.05, 3.63) is 0 Å². The van der Waals surface area contributed by atoms with E-state index in [4.69, 9.17) is 4.74 Å². The van der Waals surface area contributed by atoms with Crippen LogP contribution in [0.2, 0.25) is 0 Å². The summed E-state index contributed by atoms with van der Waals surface area (Å²) in [5.41, 5.74) is 0. The van der Waals surface area contributed by atoms with Crippen molar-refractivity contribution in [2.75, 3.05) is 26.8 Å². The second-order valence-corrected chi connectivity index (χ2v) is 2.63. The molecule has 0 fully saturated rings.